The van der Waals surface area contributed by atoms with E-state index in [0.29, 0.717) is 6.10 Å². The lowest BCUT2D eigenvalue weighted by atomic mass is 10.1. The summed E-state index contributed by atoms with van der Waals surface area (Å²) < 4.78 is 12.2. The van der Waals surface area contributed by atoms with Gasteiger partial charge in [-0.3, -0.25) is 0 Å². The Bertz CT molecular complexity index is 349. The number of alkyl halides is 1. The predicted octanol–water partition coefficient (Wildman–Crippen LogP) is 2.74. The molecule has 1 aromatic carbocycles. The van der Waals surface area contributed by atoms with Gasteiger partial charge in [0.2, 0.25) is 0 Å². The number of halogens is 1. The predicted molar refractivity (Wildman–Crippen MR) is 64.7 cm³/mol. The maximum Gasteiger partial charge on any atom is 0.127 e. The first-order valence-corrected chi connectivity index (χ1v) is 6.17. The van der Waals surface area contributed by atoms with Gasteiger partial charge in [-0.25, -0.2) is 0 Å². The zero-order valence-corrected chi connectivity index (χ0v) is 10.5. The first-order valence-electron chi connectivity index (χ1n) is 4.64. The van der Waals surface area contributed by atoms with Crippen LogP contribution in [0.15, 0.2) is 12.1 Å². The van der Waals surface area contributed by atoms with Gasteiger partial charge in [0.25, 0.3) is 0 Å². The minimum atomic E-state index is 0.321. The van der Waals surface area contributed by atoms with E-state index in [9.17, 15) is 0 Å². The van der Waals surface area contributed by atoms with Crippen LogP contribution < -0.4 is 9.47 Å². The lowest BCUT2D eigenvalue weighted by Gasteiger charge is -2.07. The smallest absolute Gasteiger partial charge is 0.127 e. The zero-order chi connectivity index (χ0) is 10.1. The fraction of sp³-hybridized carbons (Fsp3) is 0.455. The van der Waals surface area contributed by atoms with Crippen LogP contribution in [0.3, 0.4) is 0 Å². The molecule has 0 aromatic heterocycles. The van der Waals surface area contributed by atoms with Crippen LogP contribution in [0.1, 0.15) is 11.1 Å². The lowest BCUT2D eigenvalue weighted by molar-refractivity contribution is 0.262. The molecule has 1 aliphatic rings. The molecule has 2 rings (SSSR count). The van der Waals surface area contributed by atoms with Crippen LogP contribution in [0.4, 0.5) is 0 Å². The first kappa shape index (κ1) is 10.1. The molecule has 2 nitrogen and oxygen atoms in total. The van der Waals surface area contributed by atoms with Gasteiger partial charge in [0.15, 0.2) is 0 Å². The summed E-state index contributed by atoms with van der Waals surface area (Å²) in [6.07, 6.45) is 1.29. The highest BCUT2D eigenvalue weighted by Crippen LogP contribution is 2.37. The van der Waals surface area contributed by atoms with Gasteiger partial charge in [0.05, 0.1) is 7.11 Å². The quantitative estimate of drug-likeness (QED) is 0.618. The molecule has 1 aromatic rings. The summed E-state index contributed by atoms with van der Waals surface area (Å²) in [5, 5.41) is 0. The highest BCUT2D eigenvalue weighted by Gasteiger charge is 2.25. The summed E-state index contributed by atoms with van der Waals surface area (Å²) in [5.41, 5.74) is 2.41. The average molecular weight is 304 g/mol. The minimum absolute atomic E-state index is 0.321. The molecule has 1 atom stereocenters. The number of aryl methyl sites for hydroxylation is 1. The van der Waals surface area contributed by atoms with Crippen LogP contribution in [0, 0.1) is 6.92 Å². The molecule has 0 aliphatic carbocycles. The van der Waals surface area contributed by atoms with E-state index in [1.807, 2.05) is 0 Å². The van der Waals surface area contributed by atoms with Gasteiger partial charge in [-0.1, -0.05) is 22.6 Å². The second-order valence-electron chi connectivity index (χ2n) is 3.54. The summed E-state index contributed by atoms with van der Waals surface area (Å²) >= 11 is 2.35. The molecule has 76 valence electrons. The number of benzene rings is 1. The summed E-state index contributed by atoms with van der Waals surface area (Å²) in [5.74, 6) is 1.97. The Morgan fingerprint density at radius 1 is 1.57 bits per heavy atom. The molecule has 1 aliphatic heterocycles. The minimum Gasteiger partial charge on any atom is -0.496 e. The number of hydrogen-bond donors (Lipinski definition) is 0. The van der Waals surface area contributed by atoms with E-state index in [-0.39, 0.29) is 0 Å². The Morgan fingerprint density at radius 2 is 2.36 bits per heavy atom. The average Bonchev–Trinajstić information content (AvgIpc) is 2.59. The fourth-order valence-corrected chi connectivity index (χ4v) is 2.27. The fourth-order valence-electron chi connectivity index (χ4n) is 1.77. The highest BCUT2D eigenvalue weighted by molar-refractivity contribution is 14.1. The molecule has 0 saturated carbocycles. The van der Waals surface area contributed by atoms with Gasteiger partial charge in [0, 0.05) is 16.4 Å². The van der Waals surface area contributed by atoms with Crippen molar-refractivity contribution in [1.82, 2.24) is 0 Å². The van der Waals surface area contributed by atoms with E-state index in [2.05, 4.69) is 41.6 Å². The third-order valence-corrected chi connectivity index (χ3v) is 3.41. The third-order valence-electron chi connectivity index (χ3n) is 2.43. The normalized spacial score (nSPS) is 18.9. The molecular formula is C11H13IO2. The first-order chi connectivity index (χ1) is 6.74. The monoisotopic (exact) mass is 304 g/mol. The van der Waals surface area contributed by atoms with Crippen molar-refractivity contribution in [2.75, 3.05) is 11.5 Å². The van der Waals surface area contributed by atoms with E-state index in [1.54, 1.807) is 7.11 Å². The summed E-state index contributed by atoms with van der Waals surface area (Å²) in [6.45, 7) is 2.06. The summed E-state index contributed by atoms with van der Waals surface area (Å²) in [4.78, 5) is 0. The Morgan fingerprint density at radius 3 is 3.00 bits per heavy atom. The van der Waals surface area contributed by atoms with Crippen molar-refractivity contribution in [2.45, 2.75) is 19.4 Å². The van der Waals surface area contributed by atoms with Crippen molar-refractivity contribution >= 4 is 22.6 Å². The number of methoxy groups -OCH3 is 1. The van der Waals surface area contributed by atoms with Gasteiger partial charge >= 0.3 is 0 Å². The Balaban J connectivity index is 2.40. The molecule has 0 spiro atoms. The number of ether oxygens (including phenoxy) is 2. The molecule has 1 unspecified atom stereocenters. The second-order valence-corrected chi connectivity index (χ2v) is 4.42. The van der Waals surface area contributed by atoms with Crippen molar-refractivity contribution in [3.8, 4) is 11.5 Å². The Hall–Kier alpha value is -0.450. The molecule has 3 heteroatoms. The van der Waals surface area contributed by atoms with Crippen molar-refractivity contribution in [1.29, 1.82) is 0 Å². The summed E-state index contributed by atoms with van der Waals surface area (Å²) in [6, 6.07) is 4.15. The number of fused-ring (bicyclic) bond motifs is 1. The molecule has 0 saturated heterocycles. The molecule has 14 heavy (non-hydrogen) atoms. The van der Waals surface area contributed by atoms with Crippen molar-refractivity contribution in [3.63, 3.8) is 0 Å². The topological polar surface area (TPSA) is 18.5 Å². The zero-order valence-electron chi connectivity index (χ0n) is 8.34. The van der Waals surface area contributed by atoms with Gasteiger partial charge in [-0.2, -0.15) is 0 Å². The van der Waals surface area contributed by atoms with Crippen LogP contribution in [0.25, 0.3) is 0 Å². The van der Waals surface area contributed by atoms with E-state index in [1.165, 1.54) is 11.1 Å². The maximum absolute atomic E-state index is 5.79. The van der Waals surface area contributed by atoms with Gasteiger partial charge < -0.3 is 9.47 Å². The molecule has 0 fully saturated rings. The molecule has 0 radical (unpaired) electrons. The highest BCUT2D eigenvalue weighted by atomic mass is 127. The maximum atomic E-state index is 5.79. The number of hydrogen-bond acceptors (Lipinski definition) is 2. The SMILES string of the molecule is COc1cc(C)cc2c1CC(CI)O2. The molecule has 0 bridgehead atoms. The van der Waals surface area contributed by atoms with Crippen LogP contribution >= 0.6 is 22.6 Å². The summed E-state index contributed by atoms with van der Waals surface area (Å²) in [7, 11) is 1.71. The van der Waals surface area contributed by atoms with Crippen LogP contribution in [-0.4, -0.2) is 17.6 Å². The van der Waals surface area contributed by atoms with E-state index in [4.69, 9.17) is 9.47 Å². The third kappa shape index (κ3) is 1.69. The standard InChI is InChI=1S/C11H13IO2/c1-7-3-10(13-2)9-5-8(6-12)14-11(9)4-7/h3-4,8H,5-6H2,1-2H3. The van der Waals surface area contributed by atoms with Crippen molar-refractivity contribution < 1.29 is 9.47 Å². The largest absolute Gasteiger partial charge is 0.496 e. The molecule has 0 amide bonds. The van der Waals surface area contributed by atoms with Crippen molar-refractivity contribution in [2.24, 2.45) is 0 Å². The lowest BCUT2D eigenvalue weighted by Crippen LogP contribution is -2.13. The number of rotatable bonds is 2. The molecular weight excluding hydrogens is 291 g/mol. The van der Waals surface area contributed by atoms with Gasteiger partial charge in [-0.05, 0) is 24.6 Å². The van der Waals surface area contributed by atoms with Crippen LogP contribution in [0.5, 0.6) is 11.5 Å². The molecule has 1 heterocycles. The van der Waals surface area contributed by atoms with E-state index in [0.717, 1.165) is 22.3 Å². The van der Waals surface area contributed by atoms with Crippen molar-refractivity contribution in [3.05, 3.63) is 23.3 Å². The van der Waals surface area contributed by atoms with E-state index >= 15 is 0 Å². The van der Waals surface area contributed by atoms with Gasteiger partial charge in [-0.15, -0.1) is 0 Å². The van der Waals surface area contributed by atoms with Crippen LogP contribution in [0.2, 0.25) is 0 Å². The second kappa shape index (κ2) is 3.96. The van der Waals surface area contributed by atoms with Crippen LogP contribution in [-0.2, 0) is 6.42 Å². The van der Waals surface area contributed by atoms with E-state index < -0.39 is 0 Å². The Labute approximate surface area is 97.7 Å². The molecule has 0 N–H and O–H groups in total. The Kier molecular flexibility index (Phi) is 2.85. The van der Waals surface area contributed by atoms with Gasteiger partial charge in [0.1, 0.15) is 17.6 Å².